The van der Waals surface area contributed by atoms with Gasteiger partial charge in [-0.15, -0.1) is 0 Å². The lowest BCUT2D eigenvalue weighted by molar-refractivity contribution is 0.216. The van der Waals surface area contributed by atoms with Gasteiger partial charge in [-0.25, -0.2) is 57.0 Å². The van der Waals surface area contributed by atoms with E-state index in [1.54, 1.807) is 50.5 Å². The summed E-state index contributed by atoms with van der Waals surface area (Å²) in [6.07, 6.45) is 1.55. The molecule has 0 aliphatic carbocycles. The highest BCUT2D eigenvalue weighted by Gasteiger charge is 2.42. The number of allylic oxidation sites excluding steroid dienone is 2. The molecule has 328 valence electrons. The number of aliphatic hydroxyl groups excluding tert-OH is 1. The molecule has 9 rings (SSSR count). The van der Waals surface area contributed by atoms with Crippen LogP contribution in [0.3, 0.4) is 0 Å². The number of furan rings is 1. The molecule has 2 atom stereocenters. The van der Waals surface area contributed by atoms with Gasteiger partial charge < -0.3 is 37.6 Å². The second kappa shape index (κ2) is 15.4. The minimum Gasteiger partial charge on any atom is -0.493 e. The number of hydrogen-bond acceptors (Lipinski definition) is 14. The van der Waals surface area contributed by atoms with Gasteiger partial charge in [0.15, 0.2) is 23.0 Å². The molecule has 2 aromatic carbocycles. The number of aromatic nitrogens is 10. The van der Waals surface area contributed by atoms with Gasteiger partial charge in [-0.2, -0.15) is 0 Å². The second-order valence-electron chi connectivity index (χ2n) is 15.1. The van der Waals surface area contributed by atoms with Crippen LogP contribution >= 0.6 is 0 Å². The number of nitrogens with zero attached hydrogens (tertiary/aromatic N) is 10. The first-order chi connectivity index (χ1) is 30.3. The van der Waals surface area contributed by atoms with Crippen LogP contribution in [-0.2, 0) is 59.7 Å². The third-order valence-electron chi connectivity index (χ3n) is 11.9. The van der Waals surface area contributed by atoms with Crippen LogP contribution in [-0.4, -0.2) is 80.5 Å². The van der Waals surface area contributed by atoms with Gasteiger partial charge in [0.2, 0.25) is 0 Å². The summed E-state index contributed by atoms with van der Waals surface area (Å²) >= 11 is 0. The van der Waals surface area contributed by atoms with Gasteiger partial charge in [-0.05, 0) is 17.7 Å². The van der Waals surface area contributed by atoms with E-state index in [1.165, 1.54) is 62.4 Å². The Morgan fingerprint density at radius 2 is 1.16 bits per heavy atom. The fourth-order valence-corrected chi connectivity index (χ4v) is 8.69. The minimum absolute atomic E-state index is 0.0676. The van der Waals surface area contributed by atoms with E-state index in [4.69, 9.17) is 23.4 Å². The molecule has 0 bridgehead atoms. The Bertz CT molecular complexity index is 3420. The zero-order valence-electron chi connectivity index (χ0n) is 35.1. The zero-order chi connectivity index (χ0) is 44.6. The molecule has 0 radical (unpaired) electrons. The molecule has 2 aliphatic heterocycles. The summed E-state index contributed by atoms with van der Waals surface area (Å²) in [5.41, 5.74) is -1.12. The topological polar surface area (TPSA) is 238 Å². The molecule has 0 saturated carbocycles. The van der Waals surface area contributed by atoms with Gasteiger partial charge in [0.05, 0.1) is 69.6 Å². The van der Waals surface area contributed by atoms with E-state index in [-0.39, 0.29) is 61.9 Å². The maximum atomic E-state index is 14.4. The summed E-state index contributed by atoms with van der Waals surface area (Å²) in [7, 11) is 9.08. The summed E-state index contributed by atoms with van der Waals surface area (Å²) in [4.78, 5) is 93.1. The predicted octanol–water partition coefficient (Wildman–Crippen LogP) is -0.180. The molecule has 0 saturated heterocycles. The molecule has 7 heterocycles. The molecule has 22 nitrogen and oxygen atoms in total. The first-order valence-corrected chi connectivity index (χ1v) is 19.8. The Morgan fingerprint density at radius 3 is 1.65 bits per heavy atom. The number of hydrogen-bond donors (Lipinski definition) is 1. The average molecular weight is 867 g/mol. The lowest BCUT2D eigenvalue weighted by Gasteiger charge is -2.36. The van der Waals surface area contributed by atoms with Crippen LogP contribution in [0.2, 0.25) is 0 Å². The van der Waals surface area contributed by atoms with Crippen molar-refractivity contribution in [3.05, 3.63) is 134 Å². The third-order valence-corrected chi connectivity index (χ3v) is 11.9. The number of fused-ring (bicyclic) bond motifs is 6. The molecular formula is C41H42N10O12. The number of methoxy groups -OCH3 is 4. The smallest absolute Gasteiger partial charge is 0.348 e. The first-order valence-electron chi connectivity index (χ1n) is 19.8. The number of ether oxygens (including phenoxy) is 4. The van der Waals surface area contributed by atoms with Crippen molar-refractivity contribution < 1.29 is 28.5 Å². The summed E-state index contributed by atoms with van der Waals surface area (Å²) in [6, 6.07) is 7.63. The Kier molecular flexibility index (Phi) is 9.95. The van der Waals surface area contributed by atoms with E-state index in [0.717, 1.165) is 9.13 Å². The summed E-state index contributed by atoms with van der Waals surface area (Å²) in [5, 5.41) is 9.88. The van der Waals surface area contributed by atoms with E-state index in [9.17, 15) is 33.9 Å². The SMILES string of the molecule is COc1cc2nc(CCn3c(=O)n4n(c3=O)[C@@H]3Cn5c(=O)n(CCc6nc7cc(OC)c(OC)cc7n(C)c6=O)c(=O)n5[C@@H](c5ccc(CO)o5)C3=CC4)c(=O)n(C)c2cc1OC. The molecule has 1 N–H and O–H groups in total. The number of rotatable bonds is 12. The van der Waals surface area contributed by atoms with Crippen molar-refractivity contribution in [1.82, 2.24) is 47.0 Å². The molecule has 7 aromatic rings. The second-order valence-corrected chi connectivity index (χ2v) is 15.1. The van der Waals surface area contributed by atoms with Crippen LogP contribution in [0.4, 0.5) is 0 Å². The van der Waals surface area contributed by atoms with Gasteiger partial charge in [0.1, 0.15) is 35.6 Å². The molecule has 22 heteroatoms. The molecule has 0 unspecified atom stereocenters. The van der Waals surface area contributed by atoms with E-state index in [0.29, 0.717) is 50.6 Å². The summed E-state index contributed by atoms with van der Waals surface area (Å²) in [5.74, 6) is 2.03. The van der Waals surface area contributed by atoms with Crippen molar-refractivity contribution in [3.63, 3.8) is 0 Å². The van der Waals surface area contributed by atoms with E-state index in [1.807, 2.05) is 0 Å². The van der Waals surface area contributed by atoms with Crippen molar-refractivity contribution in [3.8, 4) is 23.0 Å². The Hall–Kier alpha value is -7.62. The number of aliphatic hydroxyl groups is 1. The van der Waals surface area contributed by atoms with Gasteiger partial charge >= 0.3 is 22.8 Å². The Labute approximate surface area is 353 Å². The van der Waals surface area contributed by atoms with E-state index < -0.39 is 52.6 Å². The standard InChI is InChI=1S/C41H42N10O12/c1-44-27-17-33(61-5)31(59-3)15-25(27)42-23(36(44)53)10-12-46-38(55)48-14-9-22-29(50(48)40(46)57)19-49-39(56)47(41(58)51(49)35(22)30-8-7-21(20-52)63-30)13-11-24-37(54)45(2)28-18-34(62-6)32(60-4)16-26(28)43-24/h7-9,15-18,29,35,52H,10-14,19-20H2,1-6H3/t29-,35-/m1/s1. The van der Waals surface area contributed by atoms with Crippen LogP contribution in [0.5, 0.6) is 23.0 Å². The van der Waals surface area contributed by atoms with Crippen LogP contribution in [0.1, 0.15) is 35.0 Å². The van der Waals surface area contributed by atoms with E-state index >= 15 is 0 Å². The molecule has 0 spiro atoms. The molecule has 2 aliphatic rings. The highest BCUT2D eigenvalue weighted by molar-refractivity contribution is 5.80. The predicted molar refractivity (Wildman–Crippen MR) is 223 cm³/mol. The average Bonchev–Trinajstić information content (AvgIpc) is 3.94. The highest BCUT2D eigenvalue weighted by atomic mass is 16.5. The van der Waals surface area contributed by atoms with Crippen molar-refractivity contribution in [2.75, 3.05) is 28.4 Å². The third kappa shape index (κ3) is 6.26. The fourth-order valence-electron chi connectivity index (χ4n) is 8.69. The molecular weight excluding hydrogens is 825 g/mol. The quantitative estimate of drug-likeness (QED) is 0.157. The highest BCUT2D eigenvalue weighted by Crippen LogP contribution is 2.39. The Balaban J connectivity index is 1.08. The van der Waals surface area contributed by atoms with Gasteiger partial charge in [0.25, 0.3) is 11.1 Å². The Morgan fingerprint density at radius 1 is 0.667 bits per heavy atom. The summed E-state index contributed by atoms with van der Waals surface area (Å²) < 4.78 is 37.3. The molecule has 5 aromatic heterocycles. The van der Waals surface area contributed by atoms with Crippen LogP contribution < -0.4 is 52.8 Å². The normalized spacial score (nSPS) is 15.6. The maximum Gasteiger partial charge on any atom is 0.348 e. The zero-order valence-corrected chi connectivity index (χ0v) is 35.1. The lowest BCUT2D eigenvalue weighted by Crippen LogP contribution is -2.46. The van der Waals surface area contributed by atoms with Crippen LogP contribution in [0.15, 0.2) is 81.2 Å². The van der Waals surface area contributed by atoms with Gasteiger partial charge in [0, 0.05) is 64.3 Å². The summed E-state index contributed by atoms with van der Waals surface area (Å²) in [6.45, 7) is -1.16. The fraction of sp³-hybridized carbons (Fsp3) is 0.366. The van der Waals surface area contributed by atoms with E-state index in [2.05, 4.69) is 9.97 Å². The van der Waals surface area contributed by atoms with Crippen LogP contribution in [0, 0.1) is 0 Å². The molecule has 63 heavy (non-hydrogen) atoms. The molecule has 0 amide bonds. The van der Waals surface area contributed by atoms with Gasteiger partial charge in [-0.1, -0.05) is 6.08 Å². The van der Waals surface area contributed by atoms with Crippen molar-refractivity contribution in [2.45, 2.75) is 57.7 Å². The van der Waals surface area contributed by atoms with Crippen molar-refractivity contribution in [2.24, 2.45) is 14.1 Å². The van der Waals surface area contributed by atoms with Crippen LogP contribution in [0.25, 0.3) is 22.1 Å². The number of aryl methyl sites for hydroxylation is 4. The molecule has 0 fully saturated rings. The largest absolute Gasteiger partial charge is 0.493 e. The first kappa shape index (κ1) is 40.8. The monoisotopic (exact) mass is 866 g/mol. The lowest BCUT2D eigenvalue weighted by atomic mass is 9.94. The van der Waals surface area contributed by atoms with Gasteiger partial charge in [-0.3, -0.25) is 9.59 Å². The minimum atomic E-state index is -1.07. The van der Waals surface area contributed by atoms with Crippen molar-refractivity contribution >= 4 is 22.1 Å². The maximum absolute atomic E-state index is 14.4. The van der Waals surface area contributed by atoms with Crippen molar-refractivity contribution in [1.29, 1.82) is 0 Å². The number of benzene rings is 2.